The van der Waals surface area contributed by atoms with E-state index in [1.807, 2.05) is 0 Å². The quantitative estimate of drug-likeness (QED) is 0.612. The van der Waals surface area contributed by atoms with Crippen molar-refractivity contribution >= 4 is 23.4 Å². The van der Waals surface area contributed by atoms with Gasteiger partial charge in [0.2, 0.25) is 5.91 Å². The average molecular weight is 381 g/mol. The minimum absolute atomic E-state index is 0.134. The van der Waals surface area contributed by atoms with Gasteiger partial charge in [-0.1, -0.05) is 31.4 Å². The zero-order valence-corrected chi connectivity index (χ0v) is 16.1. The first-order valence-electron chi connectivity index (χ1n) is 8.37. The van der Waals surface area contributed by atoms with E-state index in [-0.39, 0.29) is 31.3 Å². The lowest BCUT2D eigenvalue weighted by molar-refractivity contribution is -0.120. The van der Waals surface area contributed by atoms with Gasteiger partial charge in [-0.25, -0.2) is 0 Å². The van der Waals surface area contributed by atoms with Crippen molar-refractivity contribution in [1.82, 2.24) is 10.6 Å². The van der Waals surface area contributed by atoms with Gasteiger partial charge in [-0.3, -0.25) is 9.59 Å². The molecular formula is C19H25ClN2O4. The van der Waals surface area contributed by atoms with Crippen molar-refractivity contribution in [2.24, 2.45) is 5.92 Å². The zero-order valence-electron chi connectivity index (χ0n) is 15.4. The van der Waals surface area contributed by atoms with Crippen molar-refractivity contribution in [3.05, 3.63) is 22.7 Å². The van der Waals surface area contributed by atoms with Crippen LogP contribution in [-0.4, -0.2) is 38.6 Å². The van der Waals surface area contributed by atoms with Crippen molar-refractivity contribution in [2.75, 3.05) is 26.8 Å². The van der Waals surface area contributed by atoms with Crippen LogP contribution in [0.5, 0.6) is 11.5 Å². The van der Waals surface area contributed by atoms with Crippen LogP contribution < -0.4 is 20.1 Å². The number of hydrogen-bond donors (Lipinski definition) is 2. The second-order valence-corrected chi connectivity index (χ2v) is 6.41. The number of terminal acetylenes is 1. The largest absolute Gasteiger partial charge is 0.493 e. The first-order chi connectivity index (χ1) is 12.4. The third-order valence-corrected chi connectivity index (χ3v) is 3.74. The molecule has 1 rings (SSSR count). The number of carbonyl (C=O) groups is 2. The predicted octanol–water partition coefficient (Wildman–Crippen LogP) is 2.64. The molecule has 0 unspecified atom stereocenters. The Labute approximate surface area is 159 Å². The molecule has 0 saturated carbocycles. The highest BCUT2D eigenvalue weighted by Crippen LogP contribution is 2.36. The average Bonchev–Trinajstić information content (AvgIpc) is 2.60. The normalized spacial score (nSPS) is 10.2. The van der Waals surface area contributed by atoms with Crippen molar-refractivity contribution in [1.29, 1.82) is 0 Å². The Balaban J connectivity index is 2.69. The smallest absolute Gasteiger partial charge is 0.251 e. The predicted molar refractivity (Wildman–Crippen MR) is 102 cm³/mol. The van der Waals surface area contributed by atoms with Crippen LogP contribution in [-0.2, 0) is 4.79 Å². The van der Waals surface area contributed by atoms with Crippen LogP contribution in [0.25, 0.3) is 0 Å². The van der Waals surface area contributed by atoms with Gasteiger partial charge in [-0.2, -0.15) is 0 Å². The molecule has 1 aromatic carbocycles. The van der Waals surface area contributed by atoms with Crippen LogP contribution in [0.15, 0.2) is 12.1 Å². The number of halogens is 1. The topological polar surface area (TPSA) is 76.7 Å². The summed E-state index contributed by atoms with van der Waals surface area (Å²) in [5, 5.41) is 5.48. The number of hydrogen-bond acceptors (Lipinski definition) is 4. The van der Waals surface area contributed by atoms with Gasteiger partial charge in [0.25, 0.3) is 5.91 Å². The minimum Gasteiger partial charge on any atom is -0.493 e. The molecule has 0 aliphatic carbocycles. The fraction of sp³-hybridized carbons (Fsp3) is 0.474. The number of carbonyl (C=O) groups excluding carboxylic acids is 2. The van der Waals surface area contributed by atoms with Crippen molar-refractivity contribution in [3.8, 4) is 23.8 Å². The fourth-order valence-electron chi connectivity index (χ4n) is 2.02. The third-order valence-electron chi connectivity index (χ3n) is 3.46. The van der Waals surface area contributed by atoms with Gasteiger partial charge in [-0.05, 0) is 24.5 Å². The summed E-state index contributed by atoms with van der Waals surface area (Å²) in [6, 6.07) is 3.08. The summed E-state index contributed by atoms with van der Waals surface area (Å²) in [6.07, 6.45) is 6.07. The van der Waals surface area contributed by atoms with Crippen LogP contribution in [0.4, 0.5) is 0 Å². The van der Waals surface area contributed by atoms with Gasteiger partial charge < -0.3 is 20.1 Å². The van der Waals surface area contributed by atoms with Crippen molar-refractivity contribution < 1.29 is 19.1 Å². The molecule has 7 heteroatoms. The molecule has 0 heterocycles. The molecule has 142 valence electrons. The number of amides is 2. The van der Waals surface area contributed by atoms with Crippen LogP contribution in [0.2, 0.25) is 5.02 Å². The highest BCUT2D eigenvalue weighted by Gasteiger charge is 2.16. The Hall–Kier alpha value is -2.39. The van der Waals surface area contributed by atoms with E-state index in [0.717, 1.165) is 6.42 Å². The molecule has 0 radical (unpaired) electrons. The molecule has 0 atom stereocenters. The molecule has 6 nitrogen and oxygen atoms in total. The molecule has 26 heavy (non-hydrogen) atoms. The van der Waals surface area contributed by atoms with Gasteiger partial charge in [0.1, 0.15) is 0 Å². The molecule has 0 aromatic heterocycles. The van der Waals surface area contributed by atoms with E-state index < -0.39 is 0 Å². The Morgan fingerprint density at radius 3 is 2.65 bits per heavy atom. The highest BCUT2D eigenvalue weighted by atomic mass is 35.5. The second-order valence-electron chi connectivity index (χ2n) is 6.01. The fourth-order valence-corrected chi connectivity index (χ4v) is 2.28. The van der Waals surface area contributed by atoms with Gasteiger partial charge >= 0.3 is 0 Å². The maximum Gasteiger partial charge on any atom is 0.251 e. The molecule has 2 N–H and O–H groups in total. The lowest BCUT2D eigenvalue weighted by atomic mass is 10.1. The lowest BCUT2D eigenvalue weighted by Crippen LogP contribution is -2.30. The van der Waals surface area contributed by atoms with Gasteiger partial charge in [-0.15, -0.1) is 6.42 Å². The van der Waals surface area contributed by atoms with Gasteiger partial charge in [0.05, 0.1) is 25.3 Å². The number of ether oxygens (including phenoxy) is 2. The van der Waals surface area contributed by atoms with Crippen LogP contribution in [0, 0.1) is 18.3 Å². The van der Waals surface area contributed by atoms with E-state index in [9.17, 15) is 9.59 Å². The maximum absolute atomic E-state index is 12.2. The third kappa shape index (κ3) is 7.24. The zero-order chi connectivity index (χ0) is 19.5. The number of benzene rings is 1. The molecule has 0 fully saturated rings. The minimum atomic E-state index is -0.358. The van der Waals surface area contributed by atoms with E-state index in [4.69, 9.17) is 27.5 Å². The Morgan fingerprint density at radius 2 is 2.04 bits per heavy atom. The monoisotopic (exact) mass is 380 g/mol. The SMILES string of the molecule is C#CCNC(=O)CCNC(=O)c1cc(Cl)c(OCCC(C)C)c(OC)c1. The van der Waals surface area contributed by atoms with E-state index in [2.05, 4.69) is 30.4 Å². The summed E-state index contributed by atoms with van der Waals surface area (Å²) in [7, 11) is 1.48. The summed E-state index contributed by atoms with van der Waals surface area (Å²) >= 11 is 6.25. The van der Waals surface area contributed by atoms with Gasteiger partial charge in [0, 0.05) is 18.5 Å². The summed E-state index contributed by atoms with van der Waals surface area (Å²) in [5.74, 6) is 3.03. The van der Waals surface area contributed by atoms with Gasteiger partial charge in [0.15, 0.2) is 11.5 Å². The van der Waals surface area contributed by atoms with E-state index in [1.54, 1.807) is 6.07 Å². The highest BCUT2D eigenvalue weighted by molar-refractivity contribution is 6.32. The molecule has 0 aliphatic heterocycles. The van der Waals surface area contributed by atoms with Crippen LogP contribution in [0.3, 0.4) is 0 Å². The summed E-state index contributed by atoms with van der Waals surface area (Å²) in [4.78, 5) is 23.7. The molecule has 2 amide bonds. The summed E-state index contributed by atoms with van der Waals surface area (Å²) < 4.78 is 11.0. The molecule has 1 aromatic rings. The van der Waals surface area contributed by atoms with Crippen molar-refractivity contribution in [3.63, 3.8) is 0 Å². The Bertz CT molecular complexity index is 668. The number of rotatable bonds is 10. The Morgan fingerprint density at radius 1 is 1.31 bits per heavy atom. The van der Waals surface area contributed by atoms with E-state index >= 15 is 0 Å². The molecule has 0 spiro atoms. The van der Waals surface area contributed by atoms with Crippen LogP contribution in [0.1, 0.15) is 37.0 Å². The molecule has 0 saturated heterocycles. The second kappa shape index (κ2) is 11.3. The molecule has 0 bridgehead atoms. The molecular weight excluding hydrogens is 356 g/mol. The number of nitrogens with one attached hydrogen (secondary N) is 2. The summed E-state index contributed by atoms with van der Waals surface area (Å²) in [6.45, 7) is 5.05. The number of methoxy groups -OCH3 is 1. The maximum atomic E-state index is 12.2. The van der Waals surface area contributed by atoms with Crippen molar-refractivity contribution in [2.45, 2.75) is 26.7 Å². The lowest BCUT2D eigenvalue weighted by Gasteiger charge is -2.15. The van der Waals surface area contributed by atoms with E-state index in [1.165, 1.54) is 13.2 Å². The Kier molecular flexibility index (Phi) is 9.38. The standard InChI is InChI=1S/C19H25ClN2O4/c1-5-8-21-17(23)6-9-22-19(24)14-11-15(20)18(16(12-14)25-4)26-10-7-13(2)3/h1,11-13H,6-10H2,2-4H3,(H,21,23)(H,22,24). The van der Waals surface area contributed by atoms with Crippen LogP contribution >= 0.6 is 11.6 Å². The first-order valence-corrected chi connectivity index (χ1v) is 8.75. The summed E-state index contributed by atoms with van der Waals surface area (Å²) in [5.41, 5.74) is 0.326. The molecule has 0 aliphatic rings. The van der Waals surface area contributed by atoms with E-state index in [0.29, 0.717) is 34.6 Å². The first kappa shape index (κ1) is 21.7.